The third kappa shape index (κ3) is 4.48. The van der Waals surface area contributed by atoms with Crippen molar-refractivity contribution in [2.45, 2.75) is 31.4 Å². The fourth-order valence-electron chi connectivity index (χ4n) is 2.50. The van der Waals surface area contributed by atoms with E-state index in [2.05, 4.69) is 52.3 Å². The maximum Gasteiger partial charge on any atom is 0.232 e. The summed E-state index contributed by atoms with van der Waals surface area (Å²) in [6, 6.07) is 14.4. The molecule has 1 aromatic heterocycles. The van der Waals surface area contributed by atoms with Crippen molar-refractivity contribution < 1.29 is 0 Å². The molecule has 3 rings (SSSR count). The lowest BCUT2D eigenvalue weighted by molar-refractivity contribution is 0.981. The van der Waals surface area contributed by atoms with Gasteiger partial charge in [0.25, 0.3) is 0 Å². The molecule has 1 heterocycles. The summed E-state index contributed by atoms with van der Waals surface area (Å²) in [6.45, 7) is 6.24. The Morgan fingerprint density at radius 3 is 2.52 bits per heavy atom. The number of nitrogens with two attached hydrogens (primary N) is 1. The fourth-order valence-corrected chi connectivity index (χ4v) is 3.36. The van der Waals surface area contributed by atoms with Crippen molar-refractivity contribution >= 4 is 29.3 Å². The number of aromatic nitrogens is 3. The van der Waals surface area contributed by atoms with Gasteiger partial charge in [-0.1, -0.05) is 35.9 Å². The zero-order chi connectivity index (χ0) is 17.8. The Morgan fingerprint density at radius 1 is 0.960 bits per heavy atom. The second kappa shape index (κ2) is 7.53. The molecule has 0 atom stereocenters. The van der Waals surface area contributed by atoms with Crippen LogP contribution in [0.3, 0.4) is 0 Å². The van der Waals surface area contributed by atoms with Crippen LogP contribution in [0, 0.1) is 20.8 Å². The Labute approximate surface area is 152 Å². The number of nitrogens with one attached hydrogen (secondary N) is 1. The van der Waals surface area contributed by atoms with Crippen molar-refractivity contribution in [3.05, 3.63) is 65.0 Å². The number of rotatable bonds is 5. The number of para-hydroxylation sites is 1. The molecule has 0 aliphatic carbocycles. The number of hydrogen-bond acceptors (Lipinski definition) is 6. The minimum Gasteiger partial charge on any atom is -0.368 e. The van der Waals surface area contributed by atoms with Gasteiger partial charge in [0, 0.05) is 10.6 Å². The lowest BCUT2D eigenvalue weighted by Crippen LogP contribution is -2.07. The lowest BCUT2D eigenvalue weighted by Gasteiger charge is -2.10. The zero-order valence-electron chi connectivity index (χ0n) is 14.6. The Hall–Kier alpha value is -2.60. The van der Waals surface area contributed by atoms with E-state index in [1.165, 1.54) is 16.0 Å². The van der Waals surface area contributed by atoms with E-state index in [0.29, 0.717) is 17.5 Å². The van der Waals surface area contributed by atoms with Crippen LogP contribution < -0.4 is 11.1 Å². The monoisotopic (exact) mass is 351 g/mol. The predicted octanol–water partition coefficient (Wildman–Crippen LogP) is 4.41. The maximum absolute atomic E-state index is 5.86. The van der Waals surface area contributed by atoms with Crippen LogP contribution in [0.25, 0.3) is 0 Å². The molecular formula is C19H21N5S. The minimum absolute atomic E-state index is 0.224. The molecule has 0 unspecified atom stereocenters. The molecule has 0 aliphatic heterocycles. The molecule has 6 heteroatoms. The first-order valence-electron chi connectivity index (χ1n) is 8.04. The van der Waals surface area contributed by atoms with E-state index in [9.17, 15) is 0 Å². The highest BCUT2D eigenvalue weighted by molar-refractivity contribution is 7.98. The van der Waals surface area contributed by atoms with E-state index in [1.807, 2.05) is 31.2 Å². The van der Waals surface area contributed by atoms with Crippen molar-refractivity contribution in [3.8, 4) is 0 Å². The first kappa shape index (κ1) is 17.2. The number of nitrogen functional groups attached to an aromatic ring is 1. The maximum atomic E-state index is 5.86. The summed E-state index contributed by atoms with van der Waals surface area (Å²) < 4.78 is 0. The van der Waals surface area contributed by atoms with Crippen LogP contribution >= 0.6 is 11.8 Å². The first-order valence-corrected chi connectivity index (χ1v) is 9.03. The second-order valence-corrected chi connectivity index (χ2v) is 6.95. The van der Waals surface area contributed by atoms with Crippen molar-refractivity contribution in [2.24, 2.45) is 0 Å². The van der Waals surface area contributed by atoms with Gasteiger partial charge in [-0.2, -0.15) is 15.0 Å². The van der Waals surface area contributed by atoms with Crippen LogP contribution in [0.15, 0.2) is 47.4 Å². The second-order valence-electron chi connectivity index (χ2n) is 5.93. The standard InChI is InChI=1S/C19H21N5S/c1-12-8-9-16(14(3)10-12)25-11-17-22-18(20)24-19(23-17)21-15-7-5-4-6-13(15)2/h4-10H,11H2,1-3H3,(H3,20,21,22,23,24). The van der Waals surface area contributed by atoms with Crippen LogP contribution in [-0.2, 0) is 5.75 Å². The topological polar surface area (TPSA) is 76.7 Å². The molecular weight excluding hydrogens is 330 g/mol. The van der Waals surface area contributed by atoms with Gasteiger partial charge in [0.05, 0.1) is 5.75 Å². The predicted molar refractivity (Wildman–Crippen MR) is 104 cm³/mol. The molecule has 128 valence electrons. The highest BCUT2D eigenvalue weighted by Gasteiger charge is 2.08. The third-order valence-electron chi connectivity index (χ3n) is 3.78. The van der Waals surface area contributed by atoms with Gasteiger partial charge in [-0.05, 0) is 44.0 Å². The number of benzene rings is 2. The molecule has 2 aromatic carbocycles. The van der Waals surface area contributed by atoms with E-state index < -0.39 is 0 Å². The Morgan fingerprint density at radius 2 is 1.76 bits per heavy atom. The Kier molecular flexibility index (Phi) is 5.19. The van der Waals surface area contributed by atoms with Gasteiger partial charge in [-0.3, -0.25) is 0 Å². The molecule has 0 saturated carbocycles. The van der Waals surface area contributed by atoms with E-state index in [4.69, 9.17) is 5.73 Å². The van der Waals surface area contributed by atoms with E-state index in [0.717, 1.165) is 11.3 Å². The van der Waals surface area contributed by atoms with Crippen LogP contribution in [0.2, 0.25) is 0 Å². The number of aryl methyl sites for hydroxylation is 3. The van der Waals surface area contributed by atoms with Gasteiger partial charge in [0.15, 0.2) is 0 Å². The van der Waals surface area contributed by atoms with Gasteiger partial charge >= 0.3 is 0 Å². The molecule has 0 saturated heterocycles. The van der Waals surface area contributed by atoms with Crippen molar-refractivity contribution in [2.75, 3.05) is 11.1 Å². The van der Waals surface area contributed by atoms with Crippen LogP contribution in [-0.4, -0.2) is 15.0 Å². The number of hydrogen-bond donors (Lipinski definition) is 2. The summed E-state index contributed by atoms with van der Waals surface area (Å²) >= 11 is 1.70. The third-order valence-corrected chi connectivity index (χ3v) is 4.95. The smallest absolute Gasteiger partial charge is 0.232 e. The molecule has 0 bridgehead atoms. The van der Waals surface area contributed by atoms with E-state index in [1.54, 1.807) is 11.8 Å². The molecule has 0 spiro atoms. The molecule has 0 aliphatic rings. The Balaban J connectivity index is 1.76. The number of anilines is 3. The van der Waals surface area contributed by atoms with Crippen molar-refractivity contribution in [1.82, 2.24) is 15.0 Å². The molecule has 5 nitrogen and oxygen atoms in total. The molecule has 0 amide bonds. The summed E-state index contributed by atoms with van der Waals surface area (Å²) in [5.41, 5.74) is 10.5. The average Bonchev–Trinajstić information content (AvgIpc) is 2.56. The summed E-state index contributed by atoms with van der Waals surface area (Å²) in [7, 11) is 0. The Bertz CT molecular complexity index is 895. The van der Waals surface area contributed by atoms with Gasteiger partial charge in [0.1, 0.15) is 5.82 Å². The fraction of sp³-hybridized carbons (Fsp3) is 0.211. The van der Waals surface area contributed by atoms with Gasteiger partial charge in [0.2, 0.25) is 11.9 Å². The highest BCUT2D eigenvalue weighted by atomic mass is 32.2. The van der Waals surface area contributed by atoms with E-state index >= 15 is 0 Å². The quantitative estimate of drug-likeness (QED) is 0.663. The summed E-state index contributed by atoms with van der Waals surface area (Å²) in [5, 5.41) is 3.22. The highest BCUT2D eigenvalue weighted by Crippen LogP contribution is 2.26. The van der Waals surface area contributed by atoms with Gasteiger partial charge in [-0.15, -0.1) is 11.8 Å². The van der Waals surface area contributed by atoms with Gasteiger partial charge < -0.3 is 11.1 Å². The SMILES string of the molecule is Cc1ccc(SCc2nc(N)nc(Nc3ccccc3C)n2)c(C)c1. The summed E-state index contributed by atoms with van der Waals surface area (Å²) in [6.07, 6.45) is 0. The zero-order valence-corrected chi connectivity index (χ0v) is 15.4. The number of thioether (sulfide) groups is 1. The van der Waals surface area contributed by atoms with Crippen molar-refractivity contribution in [3.63, 3.8) is 0 Å². The minimum atomic E-state index is 0.224. The van der Waals surface area contributed by atoms with Crippen LogP contribution in [0.5, 0.6) is 0 Å². The first-order chi connectivity index (χ1) is 12.0. The average molecular weight is 351 g/mol. The molecule has 25 heavy (non-hydrogen) atoms. The number of nitrogens with zero attached hydrogens (tertiary/aromatic N) is 3. The van der Waals surface area contributed by atoms with Gasteiger partial charge in [-0.25, -0.2) is 0 Å². The largest absolute Gasteiger partial charge is 0.368 e. The van der Waals surface area contributed by atoms with Crippen LogP contribution in [0.4, 0.5) is 17.6 Å². The van der Waals surface area contributed by atoms with Crippen molar-refractivity contribution in [1.29, 1.82) is 0 Å². The van der Waals surface area contributed by atoms with Crippen LogP contribution in [0.1, 0.15) is 22.5 Å². The summed E-state index contributed by atoms with van der Waals surface area (Å²) in [4.78, 5) is 14.2. The van der Waals surface area contributed by atoms with E-state index in [-0.39, 0.29) is 5.95 Å². The molecule has 3 N–H and O–H groups in total. The normalized spacial score (nSPS) is 10.7. The summed E-state index contributed by atoms with van der Waals surface area (Å²) in [5.74, 6) is 1.99. The molecule has 3 aromatic rings. The lowest BCUT2D eigenvalue weighted by atomic mass is 10.2. The molecule has 0 radical (unpaired) electrons. The molecule has 0 fully saturated rings.